The predicted molar refractivity (Wildman–Crippen MR) is 56.0 cm³/mol. The van der Waals surface area contributed by atoms with Crippen molar-refractivity contribution in [3.05, 3.63) is 12.1 Å². The van der Waals surface area contributed by atoms with Gasteiger partial charge >= 0.3 is 5.97 Å². The molecule has 0 saturated carbocycles. The fraction of sp³-hybridized carbons (Fsp3) is 0.300. The number of fused-ring (bicyclic) bond motifs is 2. The molecule has 0 spiro atoms. The van der Waals surface area contributed by atoms with E-state index in [1.807, 2.05) is 0 Å². The monoisotopic (exact) mass is 235 g/mol. The smallest absolute Gasteiger partial charge is 0.328 e. The molecule has 0 radical (unpaired) electrons. The molecule has 88 valence electrons. The van der Waals surface area contributed by atoms with E-state index < -0.39 is 12.0 Å². The summed E-state index contributed by atoms with van der Waals surface area (Å²) >= 11 is 0. The van der Waals surface area contributed by atoms with E-state index >= 15 is 0 Å². The average molecular weight is 235 g/mol. The Labute approximate surface area is 95.5 Å². The molecule has 7 nitrogen and oxygen atoms in total. The Balaban J connectivity index is 2.18. The molecular weight excluding hydrogens is 226 g/mol. The first-order valence-electron chi connectivity index (χ1n) is 5.04. The van der Waals surface area contributed by atoms with Crippen LogP contribution in [0.5, 0.6) is 11.5 Å². The Morgan fingerprint density at radius 3 is 2.88 bits per heavy atom. The van der Waals surface area contributed by atoms with E-state index in [0.717, 1.165) is 0 Å². The van der Waals surface area contributed by atoms with Gasteiger partial charge < -0.3 is 14.6 Å². The third kappa shape index (κ3) is 1.39. The first kappa shape index (κ1) is 9.88. The number of rotatable bonds is 2. The molecule has 1 atom stereocenters. The summed E-state index contributed by atoms with van der Waals surface area (Å²) in [6.45, 7) is 1.71. The van der Waals surface area contributed by atoms with Crippen LogP contribution in [0.1, 0.15) is 13.0 Å². The van der Waals surface area contributed by atoms with Crippen molar-refractivity contribution in [1.82, 2.24) is 15.0 Å². The Hall–Kier alpha value is -2.31. The van der Waals surface area contributed by atoms with Gasteiger partial charge in [0, 0.05) is 12.1 Å². The van der Waals surface area contributed by atoms with Crippen molar-refractivity contribution >= 4 is 17.0 Å². The minimum atomic E-state index is -0.963. The lowest BCUT2D eigenvalue weighted by Crippen LogP contribution is -2.16. The zero-order valence-electron chi connectivity index (χ0n) is 8.95. The summed E-state index contributed by atoms with van der Waals surface area (Å²) in [4.78, 5) is 10.9. The van der Waals surface area contributed by atoms with E-state index in [0.29, 0.717) is 22.5 Å². The first-order valence-corrected chi connectivity index (χ1v) is 5.04. The maximum Gasteiger partial charge on any atom is 0.328 e. The highest BCUT2D eigenvalue weighted by atomic mass is 16.7. The van der Waals surface area contributed by atoms with E-state index in [2.05, 4.69) is 10.3 Å². The van der Waals surface area contributed by atoms with Crippen LogP contribution >= 0.6 is 0 Å². The molecule has 0 aliphatic carbocycles. The van der Waals surface area contributed by atoms with E-state index in [1.54, 1.807) is 19.1 Å². The van der Waals surface area contributed by atoms with Crippen LogP contribution in [-0.2, 0) is 4.79 Å². The van der Waals surface area contributed by atoms with Crippen molar-refractivity contribution in [2.75, 3.05) is 6.79 Å². The van der Waals surface area contributed by atoms with Crippen molar-refractivity contribution in [2.45, 2.75) is 13.0 Å². The molecule has 0 amide bonds. The molecule has 0 saturated heterocycles. The molecule has 2 heterocycles. The van der Waals surface area contributed by atoms with Crippen LogP contribution < -0.4 is 9.47 Å². The molecule has 1 aromatic carbocycles. The van der Waals surface area contributed by atoms with Crippen LogP contribution in [0.25, 0.3) is 11.0 Å². The standard InChI is InChI=1S/C10H9N3O4/c1-5(10(14)15)13-7-3-9-8(16-4-17-9)2-6(7)11-12-13/h2-3,5H,4H2,1H3,(H,14,15). The molecule has 1 unspecified atom stereocenters. The number of ether oxygens (including phenoxy) is 2. The van der Waals surface area contributed by atoms with Gasteiger partial charge in [-0.3, -0.25) is 0 Å². The van der Waals surface area contributed by atoms with Gasteiger partial charge in [0.25, 0.3) is 0 Å². The van der Waals surface area contributed by atoms with Gasteiger partial charge in [0.2, 0.25) is 6.79 Å². The van der Waals surface area contributed by atoms with E-state index in [-0.39, 0.29) is 6.79 Å². The number of carbonyl (C=O) groups is 1. The number of aliphatic carboxylic acids is 1. The number of carboxylic acid groups (broad SMARTS) is 1. The zero-order chi connectivity index (χ0) is 12.0. The lowest BCUT2D eigenvalue weighted by Gasteiger charge is -2.06. The quantitative estimate of drug-likeness (QED) is 0.828. The van der Waals surface area contributed by atoms with Gasteiger partial charge in [-0.1, -0.05) is 5.21 Å². The SMILES string of the molecule is CC(C(=O)O)n1nnc2cc3c(cc21)OCO3. The number of hydrogen-bond donors (Lipinski definition) is 1. The van der Waals surface area contributed by atoms with Crippen molar-refractivity contribution < 1.29 is 19.4 Å². The number of aromatic nitrogens is 3. The van der Waals surface area contributed by atoms with Crippen LogP contribution in [0.4, 0.5) is 0 Å². The Bertz CT molecular complexity index is 607. The summed E-state index contributed by atoms with van der Waals surface area (Å²) in [5.41, 5.74) is 1.20. The average Bonchev–Trinajstić information content (AvgIpc) is 2.89. The third-order valence-corrected chi connectivity index (χ3v) is 2.69. The van der Waals surface area contributed by atoms with Gasteiger partial charge in [0.15, 0.2) is 11.5 Å². The molecular formula is C10H9N3O4. The Morgan fingerprint density at radius 1 is 1.47 bits per heavy atom. The van der Waals surface area contributed by atoms with Gasteiger partial charge in [-0.2, -0.15) is 0 Å². The minimum absolute atomic E-state index is 0.170. The van der Waals surface area contributed by atoms with Crippen LogP contribution in [0.15, 0.2) is 12.1 Å². The summed E-state index contributed by atoms with van der Waals surface area (Å²) in [6.07, 6.45) is 0. The van der Waals surface area contributed by atoms with Crippen LogP contribution in [-0.4, -0.2) is 32.9 Å². The number of nitrogens with zero attached hydrogens (tertiary/aromatic N) is 3. The summed E-state index contributed by atoms with van der Waals surface area (Å²) in [5, 5.41) is 16.7. The highest BCUT2D eigenvalue weighted by Crippen LogP contribution is 2.35. The maximum absolute atomic E-state index is 10.9. The van der Waals surface area contributed by atoms with Crippen LogP contribution in [0, 0.1) is 0 Å². The van der Waals surface area contributed by atoms with Gasteiger partial charge in [-0.15, -0.1) is 5.10 Å². The normalized spacial score (nSPS) is 15.1. The number of hydrogen-bond acceptors (Lipinski definition) is 5. The van der Waals surface area contributed by atoms with Crippen LogP contribution in [0.2, 0.25) is 0 Å². The molecule has 17 heavy (non-hydrogen) atoms. The minimum Gasteiger partial charge on any atom is -0.480 e. The Kier molecular flexibility index (Phi) is 1.94. The van der Waals surface area contributed by atoms with Crippen molar-refractivity contribution in [1.29, 1.82) is 0 Å². The largest absolute Gasteiger partial charge is 0.480 e. The lowest BCUT2D eigenvalue weighted by molar-refractivity contribution is -0.140. The van der Waals surface area contributed by atoms with Gasteiger partial charge in [-0.25, -0.2) is 9.48 Å². The molecule has 1 aromatic heterocycles. The fourth-order valence-electron chi connectivity index (χ4n) is 1.72. The highest BCUT2D eigenvalue weighted by Gasteiger charge is 2.21. The van der Waals surface area contributed by atoms with Gasteiger partial charge in [0.1, 0.15) is 11.6 Å². The number of carboxylic acids is 1. The molecule has 1 aliphatic rings. The van der Waals surface area contributed by atoms with E-state index in [9.17, 15) is 4.79 Å². The second-order valence-corrected chi connectivity index (χ2v) is 3.74. The van der Waals surface area contributed by atoms with Crippen molar-refractivity contribution in [2.24, 2.45) is 0 Å². The molecule has 7 heteroatoms. The highest BCUT2D eigenvalue weighted by molar-refractivity contribution is 5.81. The first-order chi connectivity index (χ1) is 8.16. The van der Waals surface area contributed by atoms with Gasteiger partial charge in [-0.05, 0) is 6.92 Å². The van der Waals surface area contributed by atoms with E-state index in [1.165, 1.54) is 4.68 Å². The molecule has 0 bridgehead atoms. The summed E-state index contributed by atoms with van der Waals surface area (Å²) in [6, 6.07) is 2.60. The second kappa shape index (κ2) is 3.34. The fourth-order valence-corrected chi connectivity index (χ4v) is 1.72. The summed E-state index contributed by atoms with van der Waals surface area (Å²) in [5.74, 6) is 0.223. The molecule has 2 aromatic rings. The second-order valence-electron chi connectivity index (χ2n) is 3.74. The van der Waals surface area contributed by atoms with Crippen molar-refractivity contribution in [3.63, 3.8) is 0 Å². The number of benzene rings is 1. The van der Waals surface area contributed by atoms with Gasteiger partial charge in [0.05, 0.1) is 5.52 Å². The Morgan fingerprint density at radius 2 is 2.18 bits per heavy atom. The summed E-state index contributed by atoms with van der Waals surface area (Å²) in [7, 11) is 0. The predicted octanol–water partition coefficient (Wildman–Crippen LogP) is 0.806. The molecule has 1 N–H and O–H groups in total. The topological polar surface area (TPSA) is 86.5 Å². The van der Waals surface area contributed by atoms with Crippen LogP contribution in [0.3, 0.4) is 0 Å². The van der Waals surface area contributed by atoms with Crippen molar-refractivity contribution in [3.8, 4) is 11.5 Å². The maximum atomic E-state index is 10.9. The molecule has 3 rings (SSSR count). The molecule has 0 fully saturated rings. The lowest BCUT2D eigenvalue weighted by atomic mass is 10.2. The summed E-state index contributed by atoms with van der Waals surface area (Å²) < 4.78 is 11.8. The zero-order valence-corrected chi connectivity index (χ0v) is 8.95. The van der Waals surface area contributed by atoms with E-state index in [4.69, 9.17) is 14.6 Å². The third-order valence-electron chi connectivity index (χ3n) is 2.69. The molecule has 1 aliphatic heterocycles.